The number of rotatable bonds is 2. The first-order valence-electron chi connectivity index (χ1n) is 6.32. The van der Waals surface area contributed by atoms with Crippen LogP contribution < -0.4 is 10.6 Å². The topological polar surface area (TPSA) is 68.2 Å². The maximum Gasteiger partial charge on any atom is 0.318 e. The van der Waals surface area contributed by atoms with Crippen LogP contribution in [0.3, 0.4) is 0 Å². The van der Waals surface area contributed by atoms with E-state index in [1.54, 1.807) is 12.1 Å². The minimum atomic E-state index is 0. The van der Waals surface area contributed by atoms with Crippen LogP contribution in [0, 0.1) is 0 Å². The molecule has 2 N–H and O–H groups in total. The number of aromatic nitrogens is 2. The molecule has 0 amide bonds. The first-order chi connectivity index (χ1) is 9.22. The van der Waals surface area contributed by atoms with E-state index in [4.69, 9.17) is 21.8 Å². The first kappa shape index (κ1) is 15.1. The molecule has 0 aliphatic carbocycles. The number of benzene rings is 1. The second kappa shape index (κ2) is 6.43. The Hall–Kier alpha value is -1.30. The molecular weight excluding hydrogens is 299 g/mol. The van der Waals surface area contributed by atoms with Crippen molar-refractivity contribution in [2.45, 2.75) is 18.9 Å². The summed E-state index contributed by atoms with van der Waals surface area (Å²) in [5.41, 5.74) is 6.75. The highest BCUT2D eigenvalue weighted by Gasteiger charge is 2.21. The average molecular weight is 315 g/mol. The minimum Gasteiger partial charge on any atom is -0.403 e. The Morgan fingerprint density at radius 3 is 2.45 bits per heavy atom. The maximum atomic E-state index is 5.88. The summed E-state index contributed by atoms with van der Waals surface area (Å²) >= 11 is 5.85. The fourth-order valence-corrected chi connectivity index (χ4v) is 2.27. The molecule has 0 unspecified atom stereocenters. The predicted octanol–water partition coefficient (Wildman–Crippen LogP) is 2.74. The standard InChI is InChI=1S/C13H15ClN4O.ClH/c14-10-3-1-9(2-4-10)12-16-17-13(19-12)18-7-5-11(15)6-8-18;/h1-4,11H,5-8,15H2;1H. The number of nitrogens with zero attached hydrogens (tertiary/aromatic N) is 3. The molecule has 0 bridgehead atoms. The van der Waals surface area contributed by atoms with Gasteiger partial charge in [-0.2, -0.15) is 0 Å². The van der Waals surface area contributed by atoms with E-state index in [1.807, 2.05) is 12.1 Å². The molecule has 1 aliphatic rings. The van der Waals surface area contributed by atoms with E-state index in [9.17, 15) is 0 Å². The summed E-state index contributed by atoms with van der Waals surface area (Å²) < 4.78 is 5.70. The van der Waals surface area contributed by atoms with Gasteiger partial charge in [-0.1, -0.05) is 16.7 Å². The molecule has 108 valence electrons. The molecule has 3 rings (SSSR count). The Morgan fingerprint density at radius 2 is 1.80 bits per heavy atom. The van der Waals surface area contributed by atoms with Crippen LogP contribution in [0.1, 0.15) is 12.8 Å². The highest BCUT2D eigenvalue weighted by molar-refractivity contribution is 6.30. The van der Waals surface area contributed by atoms with Crippen molar-refractivity contribution in [3.8, 4) is 11.5 Å². The monoisotopic (exact) mass is 314 g/mol. The van der Waals surface area contributed by atoms with E-state index in [0.717, 1.165) is 31.5 Å². The summed E-state index contributed by atoms with van der Waals surface area (Å²) in [6.07, 6.45) is 1.91. The zero-order chi connectivity index (χ0) is 13.2. The lowest BCUT2D eigenvalue weighted by molar-refractivity contribution is 0.460. The number of halogens is 2. The predicted molar refractivity (Wildman–Crippen MR) is 81.4 cm³/mol. The molecule has 1 aromatic carbocycles. The molecule has 1 fully saturated rings. The van der Waals surface area contributed by atoms with Crippen LogP contribution in [0.5, 0.6) is 0 Å². The summed E-state index contributed by atoms with van der Waals surface area (Å²) in [5, 5.41) is 8.87. The molecular formula is C13H16Cl2N4O. The van der Waals surface area contributed by atoms with Gasteiger partial charge in [-0.05, 0) is 37.1 Å². The molecule has 2 aromatic rings. The van der Waals surface area contributed by atoms with E-state index in [-0.39, 0.29) is 18.4 Å². The van der Waals surface area contributed by atoms with E-state index in [1.165, 1.54) is 0 Å². The Bertz CT molecular complexity index is 550. The number of hydrogen-bond acceptors (Lipinski definition) is 5. The van der Waals surface area contributed by atoms with E-state index in [2.05, 4.69) is 15.1 Å². The molecule has 0 saturated carbocycles. The van der Waals surface area contributed by atoms with Gasteiger partial charge in [0.15, 0.2) is 0 Å². The zero-order valence-electron chi connectivity index (χ0n) is 10.8. The minimum absolute atomic E-state index is 0. The van der Waals surface area contributed by atoms with Gasteiger partial charge in [0, 0.05) is 29.7 Å². The average Bonchev–Trinajstić information content (AvgIpc) is 2.90. The van der Waals surface area contributed by atoms with Crippen LogP contribution in [-0.2, 0) is 0 Å². The summed E-state index contributed by atoms with van der Waals surface area (Å²) in [5.74, 6) is 0.515. The van der Waals surface area contributed by atoms with E-state index >= 15 is 0 Å². The van der Waals surface area contributed by atoms with Crippen molar-refractivity contribution in [2.75, 3.05) is 18.0 Å². The Kier molecular flexibility index (Phi) is 4.86. The molecule has 2 heterocycles. The van der Waals surface area contributed by atoms with Crippen molar-refractivity contribution < 1.29 is 4.42 Å². The molecule has 0 spiro atoms. The van der Waals surface area contributed by atoms with Crippen LogP contribution in [0.2, 0.25) is 5.02 Å². The SMILES string of the molecule is Cl.NC1CCN(c2nnc(-c3ccc(Cl)cc3)o2)CC1. The van der Waals surface area contributed by atoms with E-state index < -0.39 is 0 Å². The van der Waals surface area contributed by atoms with Gasteiger partial charge in [0.05, 0.1) is 0 Å². The second-order valence-electron chi connectivity index (χ2n) is 4.72. The summed E-state index contributed by atoms with van der Waals surface area (Å²) in [6, 6.07) is 8.20. The zero-order valence-corrected chi connectivity index (χ0v) is 12.4. The number of nitrogens with two attached hydrogens (primary N) is 1. The van der Waals surface area contributed by atoms with Crippen LogP contribution >= 0.6 is 24.0 Å². The van der Waals surface area contributed by atoms with Gasteiger partial charge in [0.25, 0.3) is 0 Å². The van der Waals surface area contributed by atoms with Gasteiger partial charge in [-0.25, -0.2) is 0 Å². The lowest BCUT2D eigenvalue weighted by Crippen LogP contribution is -2.39. The molecule has 5 nitrogen and oxygen atoms in total. The number of anilines is 1. The van der Waals surface area contributed by atoms with Crippen LogP contribution in [-0.4, -0.2) is 29.3 Å². The number of hydrogen-bond donors (Lipinski definition) is 1. The van der Waals surface area contributed by atoms with Crippen LogP contribution in [0.15, 0.2) is 28.7 Å². The fourth-order valence-electron chi connectivity index (χ4n) is 2.14. The van der Waals surface area contributed by atoms with Crippen molar-refractivity contribution in [1.29, 1.82) is 0 Å². The smallest absolute Gasteiger partial charge is 0.318 e. The first-order valence-corrected chi connectivity index (χ1v) is 6.70. The Labute approximate surface area is 128 Å². The van der Waals surface area contributed by atoms with Gasteiger partial charge in [-0.15, -0.1) is 17.5 Å². The second-order valence-corrected chi connectivity index (χ2v) is 5.16. The lowest BCUT2D eigenvalue weighted by Gasteiger charge is -2.28. The summed E-state index contributed by atoms with van der Waals surface area (Å²) in [4.78, 5) is 2.08. The third kappa shape index (κ3) is 3.23. The summed E-state index contributed by atoms with van der Waals surface area (Å²) in [7, 11) is 0. The quantitative estimate of drug-likeness (QED) is 0.923. The fraction of sp³-hybridized carbons (Fsp3) is 0.385. The highest BCUT2D eigenvalue weighted by Crippen LogP contribution is 2.24. The Balaban J connectivity index is 0.00000147. The summed E-state index contributed by atoms with van der Waals surface area (Å²) in [6.45, 7) is 1.73. The van der Waals surface area contributed by atoms with Crippen LogP contribution in [0.4, 0.5) is 6.01 Å². The molecule has 0 atom stereocenters. The third-order valence-corrected chi connectivity index (χ3v) is 3.57. The molecule has 1 aromatic heterocycles. The third-order valence-electron chi connectivity index (χ3n) is 3.32. The van der Waals surface area contributed by atoms with Crippen molar-refractivity contribution in [3.63, 3.8) is 0 Å². The van der Waals surface area contributed by atoms with Gasteiger partial charge in [0.1, 0.15) is 0 Å². The normalized spacial score (nSPS) is 16.0. The largest absolute Gasteiger partial charge is 0.403 e. The molecule has 7 heteroatoms. The van der Waals surface area contributed by atoms with E-state index in [0.29, 0.717) is 16.9 Å². The van der Waals surface area contributed by atoms with Gasteiger partial charge in [0.2, 0.25) is 5.89 Å². The van der Waals surface area contributed by atoms with Gasteiger partial charge in [-0.3, -0.25) is 0 Å². The van der Waals surface area contributed by atoms with Crippen molar-refractivity contribution >= 4 is 30.0 Å². The number of piperidine rings is 1. The van der Waals surface area contributed by atoms with Gasteiger partial charge < -0.3 is 15.1 Å². The van der Waals surface area contributed by atoms with Crippen molar-refractivity contribution in [3.05, 3.63) is 29.3 Å². The molecule has 20 heavy (non-hydrogen) atoms. The van der Waals surface area contributed by atoms with Gasteiger partial charge >= 0.3 is 6.01 Å². The van der Waals surface area contributed by atoms with Crippen LogP contribution in [0.25, 0.3) is 11.5 Å². The highest BCUT2D eigenvalue weighted by atomic mass is 35.5. The lowest BCUT2D eigenvalue weighted by atomic mass is 10.1. The Morgan fingerprint density at radius 1 is 1.15 bits per heavy atom. The molecule has 1 saturated heterocycles. The van der Waals surface area contributed by atoms with Crippen molar-refractivity contribution in [2.24, 2.45) is 5.73 Å². The molecule has 1 aliphatic heterocycles. The van der Waals surface area contributed by atoms with Crippen molar-refractivity contribution in [1.82, 2.24) is 10.2 Å². The maximum absolute atomic E-state index is 5.88. The molecule has 0 radical (unpaired) electrons.